The smallest absolute Gasteiger partial charge is 0.244 e. The molecule has 1 N–H and O–H groups in total. The molecule has 0 aliphatic heterocycles. The molecule has 1 heterocycles. The predicted octanol–water partition coefficient (Wildman–Crippen LogP) is 5.83. The summed E-state index contributed by atoms with van der Waals surface area (Å²) in [5, 5.41) is 3.03. The average Bonchev–Trinajstić information content (AvgIpc) is 3.44. The number of ether oxygens (including phenoxy) is 4. The fourth-order valence-electron chi connectivity index (χ4n) is 4.01. The lowest BCUT2D eigenvalue weighted by atomic mass is 9.96. The molecule has 0 aliphatic carbocycles. The molecule has 7 nitrogen and oxygen atoms in total. The number of rotatable bonds is 13. The van der Waals surface area contributed by atoms with Crippen LogP contribution in [0, 0.1) is 0 Å². The van der Waals surface area contributed by atoms with Crippen molar-refractivity contribution in [2.24, 2.45) is 0 Å². The summed E-state index contributed by atoms with van der Waals surface area (Å²) in [4.78, 5) is 12.6. The SMILES string of the molecule is COc1ccc(C(=C/C=C/C(=O)NC(C)CCCc2ccoc2)c2ccc(OC)c(OC)c2)cc1OC. The Labute approximate surface area is 218 Å². The van der Waals surface area contributed by atoms with E-state index in [0.717, 1.165) is 36.0 Å². The Kier molecular flexibility index (Phi) is 10.3. The summed E-state index contributed by atoms with van der Waals surface area (Å²) in [5.74, 6) is 2.34. The first-order valence-corrected chi connectivity index (χ1v) is 12.1. The molecule has 0 saturated heterocycles. The Balaban J connectivity index is 1.79. The molecule has 7 heteroatoms. The van der Waals surface area contributed by atoms with Gasteiger partial charge < -0.3 is 28.7 Å². The number of furan rings is 1. The minimum atomic E-state index is -0.147. The van der Waals surface area contributed by atoms with E-state index >= 15 is 0 Å². The predicted molar refractivity (Wildman–Crippen MR) is 145 cm³/mol. The number of carbonyl (C=O) groups excluding carboxylic acids is 1. The maximum atomic E-state index is 12.6. The largest absolute Gasteiger partial charge is 0.493 e. The molecule has 1 amide bonds. The number of aryl methyl sites for hydroxylation is 1. The maximum absolute atomic E-state index is 12.6. The molecule has 0 saturated carbocycles. The number of carbonyl (C=O) groups is 1. The molecule has 1 aromatic heterocycles. The van der Waals surface area contributed by atoms with Crippen LogP contribution in [0.15, 0.2) is 77.6 Å². The first-order chi connectivity index (χ1) is 18.0. The van der Waals surface area contributed by atoms with Crippen LogP contribution in [-0.4, -0.2) is 40.4 Å². The summed E-state index contributed by atoms with van der Waals surface area (Å²) in [6.07, 6.45) is 11.4. The molecule has 0 aliphatic rings. The first kappa shape index (κ1) is 27.5. The minimum absolute atomic E-state index is 0.0594. The van der Waals surface area contributed by atoms with E-state index < -0.39 is 0 Å². The van der Waals surface area contributed by atoms with Gasteiger partial charge in [-0.2, -0.15) is 0 Å². The van der Waals surface area contributed by atoms with Crippen LogP contribution < -0.4 is 24.3 Å². The quantitative estimate of drug-likeness (QED) is 0.233. The molecule has 1 atom stereocenters. The zero-order valence-corrected chi connectivity index (χ0v) is 22.1. The van der Waals surface area contributed by atoms with Gasteiger partial charge in [0.05, 0.1) is 41.0 Å². The number of methoxy groups -OCH3 is 4. The van der Waals surface area contributed by atoms with Gasteiger partial charge in [0.25, 0.3) is 0 Å². The van der Waals surface area contributed by atoms with Crippen molar-refractivity contribution in [1.29, 1.82) is 0 Å². The summed E-state index contributed by atoms with van der Waals surface area (Å²) in [6, 6.07) is 13.4. The monoisotopic (exact) mass is 505 g/mol. The third kappa shape index (κ3) is 7.67. The number of nitrogens with one attached hydrogen (secondary N) is 1. The van der Waals surface area contributed by atoms with Gasteiger partial charge in [-0.15, -0.1) is 0 Å². The van der Waals surface area contributed by atoms with Gasteiger partial charge >= 0.3 is 0 Å². The van der Waals surface area contributed by atoms with E-state index in [0.29, 0.717) is 23.0 Å². The summed E-state index contributed by atoms with van der Waals surface area (Å²) in [6.45, 7) is 2.01. The molecule has 1 unspecified atom stereocenters. The molecule has 0 radical (unpaired) electrons. The van der Waals surface area contributed by atoms with Crippen LogP contribution in [0.2, 0.25) is 0 Å². The highest BCUT2D eigenvalue weighted by Crippen LogP contribution is 2.36. The molecule has 3 aromatic rings. The topological polar surface area (TPSA) is 79.2 Å². The van der Waals surface area contributed by atoms with Crippen molar-refractivity contribution in [3.63, 3.8) is 0 Å². The van der Waals surface area contributed by atoms with E-state index in [-0.39, 0.29) is 11.9 Å². The number of hydrogen-bond donors (Lipinski definition) is 1. The van der Waals surface area contributed by atoms with Crippen molar-refractivity contribution in [2.45, 2.75) is 32.2 Å². The standard InChI is InChI=1S/C30H35NO6/c1-21(8-6-9-22-16-17-37-20-22)31-30(32)11-7-10-25(23-12-14-26(33-2)28(18-23)35-4)24-13-15-27(34-3)29(19-24)36-5/h7,10-21H,6,8-9H2,1-5H3,(H,31,32)/b11-7+. The van der Waals surface area contributed by atoms with Gasteiger partial charge in [0.15, 0.2) is 23.0 Å². The number of amides is 1. The van der Waals surface area contributed by atoms with Gasteiger partial charge in [0, 0.05) is 12.1 Å². The van der Waals surface area contributed by atoms with Crippen molar-refractivity contribution in [3.05, 3.63) is 89.9 Å². The van der Waals surface area contributed by atoms with E-state index in [9.17, 15) is 4.79 Å². The summed E-state index contributed by atoms with van der Waals surface area (Å²) in [5.41, 5.74) is 3.82. The second-order valence-corrected chi connectivity index (χ2v) is 8.51. The Morgan fingerprint density at radius 1 is 0.892 bits per heavy atom. The van der Waals surface area contributed by atoms with Gasteiger partial charge in [-0.25, -0.2) is 0 Å². The third-order valence-corrected chi connectivity index (χ3v) is 5.97. The van der Waals surface area contributed by atoms with Gasteiger partial charge in [0.2, 0.25) is 5.91 Å². The second-order valence-electron chi connectivity index (χ2n) is 8.51. The minimum Gasteiger partial charge on any atom is -0.493 e. The van der Waals surface area contributed by atoms with Crippen LogP contribution in [0.5, 0.6) is 23.0 Å². The molecule has 37 heavy (non-hydrogen) atoms. The van der Waals surface area contributed by atoms with Crippen LogP contribution in [0.4, 0.5) is 0 Å². The zero-order chi connectivity index (χ0) is 26.6. The zero-order valence-electron chi connectivity index (χ0n) is 22.1. The molecule has 196 valence electrons. The summed E-state index contributed by atoms with van der Waals surface area (Å²) in [7, 11) is 6.40. The normalized spacial score (nSPS) is 11.6. The highest BCUT2D eigenvalue weighted by Gasteiger charge is 2.13. The van der Waals surface area contributed by atoms with Crippen LogP contribution in [0.1, 0.15) is 36.5 Å². The van der Waals surface area contributed by atoms with Crippen LogP contribution >= 0.6 is 0 Å². The molecular formula is C30H35NO6. The van der Waals surface area contributed by atoms with Gasteiger partial charge in [0.1, 0.15) is 0 Å². The van der Waals surface area contributed by atoms with Gasteiger partial charge in [-0.1, -0.05) is 24.3 Å². The Morgan fingerprint density at radius 2 is 1.49 bits per heavy atom. The average molecular weight is 506 g/mol. The molecule has 3 rings (SSSR count). The second kappa shape index (κ2) is 13.8. The third-order valence-electron chi connectivity index (χ3n) is 5.97. The van der Waals surface area contributed by atoms with Crippen molar-refractivity contribution in [2.75, 3.05) is 28.4 Å². The van der Waals surface area contributed by atoms with Crippen LogP contribution in [0.25, 0.3) is 5.57 Å². The van der Waals surface area contributed by atoms with Gasteiger partial charge in [-0.3, -0.25) is 4.79 Å². The lowest BCUT2D eigenvalue weighted by molar-refractivity contribution is -0.117. The van der Waals surface area contributed by atoms with Crippen molar-refractivity contribution in [1.82, 2.24) is 5.32 Å². The van der Waals surface area contributed by atoms with Gasteiger partial charge in [-0.05, 0) is 78.8 Å². The molecular weight excluding hydrogens is 470 g/mol. The fourth-order valence-corrected chi connectivity index (χ4v) is 4.01. The highest BCUT2D eigenvalue weighted by atomic mass is 16.5. The van der Waals surface area contributed by atoms with Crippen molar-refractivity contribution < 1.29 is 28.2 Å². The molecule has 0 spiro atoms. The van der Waals surface area contributed by atoms with Crippen molar-refractivity contribution in [3.8, 4) is 23.0 Å². The van der Waals surface area contributed by atoms with E-state index in [4.69, 9.17) is 23.4 Å². The number of allylic oxidation sites excluding steroid dienone is 2. The van der Waals surface area contributed by atoms with Crippen molar-refractivity contribution >= 4 is 11.5 Å². The highest BCUT2D eigenvalue weighted by molar-refractivity contribution is 5.89. The number of benzene rings is 2. The number of hydrogen-bond acceptors (Lipinski definition) is 6. The van der Waals surface area contributed by atoms with E-state index in [2.05, 4.69) is 5.32 Å². The van der Waals surface area contributed by atoms with Crippen LogP contribution in [-0.2, 0) is 11.2 Å². The maximum Gasteiger partial charge on any atom is 0.244 e. The van der Waals surface area contributed by atoms with E-state index in [1.54, 1.807) is 47.0 Å². The fraction of sp³-hybridized carbons (Fsp3) is 0.300. The summed E-state index contributed by atoms with van der Waals surface area (Å²) < 4.78 is 26.9. The molecule has 0 fully saturated rings. The van der Waals surface area contributed by atoms with Crippen LogP contribution in [0.3, 0.4) is 0 Å². The molecule has 0 bridgehead atoms. The summed E-state index contributed by atoms with van der Waals surface area (Å²) >= 11 is 0. The lowest BCUT2D eigenvalue weighted by Gasteiger charge is -2.14. The first-order valence-electron chi connectivity index (χ1n) is 12.1. The molecule has 2 aromatic carbocycles. The lowest BCUT2D eigenvalue weighted by Crippen LogP contribution is -2.31. The van der Waals surface area contributed by atoms with E-state index in [1.165, 1.54) is 11.6 Å². The van der Waals surface area contributed by atoms with E-state index in [1.807, 2.05) is 55.5 Å². The Bertz CT molecular complexity index is 1160. The Hall–Kier alpha value is -4.13. The Morgan fingerprint density at radius 3 is 2.00 bits per heavy atom.